The number of benzene rings is 1. The van der Waals surface area contributed by atoms with E-state index in [-0.39, 0.29) is 11.0 Å². The van der Waals surface area contributed by atoms with Crippen LogP contribution in [0.1, 0.15) is 48.0 Å². The number of piperidine rings is 1. The number of rotatable bonds is 2. The van der Waals surface area contributed by atoms with Crippen LogP contribution in [0.15, 0.2) is 18.2 Å². The first kappa shape index (κ1) is 15.1. The Kier molecular flexibility index (Phi) is 3.32. The highest BCUT2D eigenvalue weighted by Gasteiger charge is 2.47. The standard InChI is InChI=1S/C17H21NO4S/c1-12-2-5-16-14(10-12)15(19)11-17(22-16)6-8-18(9-7-17)23(20,21)13-3-4-13/h2,5,10,13H,3-4,6-9,11H2,1H3. The van der Waals surface area contributed by atoms with Gasteiger partial charge in [-0.1, -0.05) is 11.6 Å². The number of hydrogen-bond acceptors (Lipinski definition) is 4. The van der Waals surface area contributed by atoms with Gasteiger partial charge in [0.2, 0.25) is 10.0 Å². The van der Waals surface area contributed by atoms with Crippen LogP contribution in [0.25, 0.3) is 0 Å². The molecule has 6 heteroatoms. The van der Waals surface area contributed by atoms with Crippen molar-refractivity contribution in [2.75, 3.05) is 13.1 Å². The third-order valence-electron chi connectivity index (χ3n) is 5.18. The normalized spacial score (nSPS) is 24.3. The number of ether oxygens (including phenoxy) is 1. The van der Waals surface area contributed by atoms with Crippen LogP contribution in [-0.4, -0.2) is 42.4 Å². The molecule has 0 unspecified atom stereocenters. The molecule has 1 saturated carbocycles. The summed E-state index contributed by atoms with van der Waals surface area (Å²) in [5.41, 5.74) is 1.17. The van der Waals surface area contributed by atoms with Crippen LogP contribution < -0.4 is 4.74 Å². The van der Waals surface area contributed by atoms with Gasteiger partial charge in [-0.2, -0.15) is 0 Å². The van der Waals surface area contributed by atoms with Gasteiger partial charge in [-0.3, -0.25) is 4.79 Å². The largest absolute Gasteiger partial charge is 0.486 e. The van der Waals surface area contributed by atoms with E-state index in [9.17, 15) is 13.2 Å². The van der Waals surface area contributed by atoms with Gasteiger partial charge >= 0.3 is 0 Å². The summed E-state index contributed by atoms with van der Waals surface area (Å²) in [4.78, 5) is 12.5. The first-order valence-corrected chi connectivity index (χ1v) is 9.72. The molecule has 0 radical (unpaired) electrons. The molecule has 23 heavy (non-hydrogen) atoms. The summed E-state index contributed by atoms with van der Waals surface area (Å²) in [6.45, 7) is 2.86. The van der Waals surface area contributed by atoms with E-state index in [0.717, 1.165) is 18.4 Å². The average Bonchev–Trinajstić information content (AvgIpc) is 3.34. The Labute approximate surface area is 136 Å². The molecule has 1 aromatic rings. The molecule has 1 spiro atoms. The summed E-state index contributed by atoms with van der Waals surface area (Å²) in [6.07, 6.45) is 3.08. The molecule has 2 aliphatic heterocycles. The highest BCUT2D eigenvalue weighted by Crippen LogP contribution is 2.41. The minimum atomic E-state index is -3.13. The smallest absolute Gasteiger partial charge is 0.216 e. The number of Topliss-reactive ketones (excluding diaryl/α,β-unsaturated/α-hetero) is 1. The predicted molar refractivity (Wildman–Crippen MR) is 86.2 cm³/mol. The number of hydrogen-bond donors (Lipinski definition) is 0. The minimum absolute atomic E-state index is 0.105. The maximum Gasteiger partial charge on any atom is 0.216 e. The molecular formula is C17H21NO4S. The average molecular weight is 335 g/mol. The Hall–Kier alpha value is -1.40. The van der Waals surface area contributed by atoms with Crippen LogP contribution in [0.5, 0.6) is 5.75 Å². The fraction of sp³-hybridized carbons (Fsp3) is 0.588. The van der Waals surface area contributed by atoms with Crippen molar-refractivity contribution in [1.29, 1.82) is 0 Å². The Morgan fingerprint density at radius 3 is 2.57 bits per heavy atom. The van der Waals surface area contributed by atoms with E-state index in [1.54, 1.807) is 4.31 Å². The van der Waals surface area contributed by atoms with Crippen molar-refractivity contribution in [3.63, 3.8) is 0 Å². The van der Waals surface area contributed by atoms with Crippen molar-refractivity contribution in [2.24, 2.45) is 0 Å². The fourth-order valence-electron chi connectivity index (χ4n) is 3.61. The van der Waals surface area contributed by atoms with E-state index in [4.69, 9.17) is 4.74 Å². The highest BCUT2D eigenvalue weighted by atomic mass is 32.2. The van der Waals surface area contributed by atoms with Crippen molar-refractivity contribution < 1.29 is 17.9 Å². The first-order chi connectivity index (χ1) is 10.9. The van der Waals surface area contributed by atoms with E-state index in [0.29, 0.717) is 43.7 Å². The molecule has 1 aliphatic carbocycles. The summed E-state index contributed by atoms with van der Waals surface area (Å²) < 4.78 is 32.4. The third-order valence-corrected chi connectivity index (χ3v) is 7.58. The Morgan fingerprint density at radius 1 is 1.22 bits per heavy atom. The van der Waals surface area contributed by atoms with Crippen molar-refractivity contribution in [2.45, 2.75) is 49.9 Å². The summed E-state index contributed by atoms with van der Waals surface area (Å²) >= 11 is 0. The second kappa shape index (κ2) is 5.05. The molecule has 2 fully saturated rings. The molecule has 1 aromatic carbocycles. The van der Waals surface area contributed by atoms with Gasteiger partial charge < -0.3 is 4.74 Å². The number of sulfonamides is 1. The summed E-state index contributed by atoms with van der Waals surface area (Å²) in [7, 11) is -3.13. The molecule has 4 rings (SSSR count). The second-order valence-electron chi connectivity index (χ2n) is 7.03. The first-order valence-electron chi connectivity index (χ1n) is 8.22. The quantitative estimate of drug-likeness (QED) is 0.832. The summed E-state index contributed by atoms with van der Waals surface area (Å²) in [5, 5.41) is -0.172. The van der Waals surface area contributed by atoms with Crippen molar-refractivity contribution in [3.8, 4) is 5.75 Å². The molecule has 2 heterocycles. The maximum absolute atomic E-state index is 12.5. The van der Waals surface area contributed by atoms with E-state index in [1.165, 1.54) is 0 Å². The second-order valence-corrected chi connectivity index (χ2v) is 9.24. The van der Waals surface area contributed by atoms with Crippen LogP contribution in [0.3, 0.4) is 0 Å². The molecule has 0 bridgehead atoms. The van der Waals surface area contributed by atoms with E-state index in [1.807, 2.05) is 25.1 Å². The van der Waals surface area contributed by atoms with Crippen LogP contribution in [0.2, 0.25) is 0 Å². The molecule has 5 nitrogen and oxygen atoms in total. The predicted octanol–water partition coefficient (Wildman–Crippen LogP) is 2.29. The maximum atomic E-state index is 12.5. The molecule has 1 saturated heterocycles. The van der Waals surface area contributed by atoms with E-state index in [2.05, 4.69) is 0 Å². The van der Waals surface area contributed by atoms with Gasteiger partial charge in [-0.05, 0) is 31.9 Å². The number of aryl methyl sites for hydroxylation is 1. The lowest BCUT2D eigenvalue weighted by atomic mass is 9.83. The van der Waals surface area contributed by atoms with E-state index < -0.39 is 15.6 Å². The zero-order valence-corrected chi connectivity index (χ0v) is 14.1. The number of ketones is 1. The number of carbonyl (C=O) groups excluding carboxylic acids is 1. The lowest BCUT2D eigenvalue weighted by Crippen LogP contribution is -2.52. The lowest BCUT2D eigenvalue weighted by Gasteiger charge is -2.43. The topological polar surface area (TPSA) is 63.7 Å². The Balaban J connectivity index is 1.53. The van der Waals surface area contributed by atoms with Crippen molar-refractivity contribution >= 4 is 15.8 Å². The van der Waals surface area contributed by atoms with Gasteiger partial charge in [-0.15, -0.1) is 0 Å². The van der Waals surface area contributed by atoms with Crippen LogP contribution >= 0.6 is 0 Å². The molecule has 124 valence electrons. The van der Waals surface area contributed by atoms with E-state index >= 15 is 0 Å². The number of nitrogens with zero attached hydrogens (tertiary/aromatic N) is 1. The molecule has 0 N–H and O–H groups in total. The van der Waals surface area contributed by atoms with Crippen LogP contribution in [-0.2, 0) is 10.0 Å². The van der Waals surface area contributed by atoms with Gasteiger partial charge in [0.05, 0.1) is 17.2 Å². The Morgan fingerprint density at radius 2 is 1.91 bits per heavy atom. The molecule has 0 atom stereocenters. The van der Waals surface area contributed by atoms with Gasteiger partial charge in [0.25, 0.3) is 0 Å². The molecular weight excluding hydrogens is 314 g/mol. The summed E-state index contributed by atoms with van der Waals surface area (Å²) in [5.74, 6) is 0.749. The SMILES string of the molecule is Cc1ccc2c(c1)C(=O)CC1(CCN(S(=O)(=O)C3CC3)CC1)O2. The minimum Gasteiger partial charge on any atom is -0.486 e. The van der Waals surface area contributed by atoms with Crippen molar-refractivity contribution in [1.82, 2.24) is 4.31 Å². The van der Waals surface area contributed by atoms with Crippen LogP contribution in [0.4, 0.5) is 0 Å². The summed E-state index contributed by atoms with van der Waals surface area (Å²) in [6, 6.07) is 5.67. The fourth-order valence-corrected chi connectivity index (χ4v) is 5.46. The van der Waals surface area contributed by atoms with Crippen LogP contribution in [0, 0.1) is 6.92 Å². The van der Waals surface area contributed by atoms with Gasteiger partial charge in [-0.25, -0.2) is 12.7 Å². The number of carbonyl (C=O) groups is 1. The third kappa shape index (κ3) is 2.58. The van der Waals surface area contributed by atoms with Crippen molar-refractivity contribution in [3.05, 3.63) is 29.3 Å². The highest BCUT2D eigenvalue weighted by molar-refractivity contribution is 7.90. The molecule has 3 aliphatic rings. The van der Waals surface area contributed by atoms with Gasteiger partial charge in [0.1, 0.15) is 11.4 Å². The Bertz CT molecular complexity index is 759. The molecule has 0 aromatic heterocycles. The number of fused-ring (bicyclic) bond motifs is 1. The lowest BCUT2D eigenvalue weighted by molar-refractivity contribution is 0.00586. The monoisotopic (exact) mass is 335 g/mol. The zero-order valence-electron chi connectivity index (χ0n) is 13.2. The van der Waals surface area contributed by atoms with Gasteiger partial charge in [0, 0.05) is 25.9 Å². The zero-order chi connectivity index (χ0) is 16.2. The molecule has 0 amide bonds. The van der Waals surface area contributed by atoms with Gasteiger partial charge in [0.15, 0.2) is 5.78 Å².